The van der Waals surface area contributed by atoms with Crippen molar-refractivity contribution in [1.29, 1.82) is 15.8 Å². The Hall–Kier alpha value is -3.46. The van der Waals surface area contributed by atoms with Crippen LogP contribution in [0.4, 0.5) is 5.69 Å². The van der Waals surface area contributed by atoms with E-state index in [4.69, 9.17) is 0 Å². The number of fused-ring (bicyclic) bond motifs is 1. The van der Waals surface area contributed by atoms with Gasteiger partial charge in [-0.25, -0.2) is 0 Å². The lowest BCUT2D eigenvalue weighted by molar-refractivity contribution is 1.16. The molecule has 5 heteroatoms. The molecule has 0 saturated heterocycles. The van der Waals surface area contributed by atoms with Gasteiger partial charge < -0.3 is 4.90 Å². The Labute approximate surface area is 175 Å². The Bertz CT molecular complexity index is 1260. The van der Waals surface area contributed by atoms with Gasteiger partial charge in [0.1, 0.15) is 17.7 Å². The molecule has 0 saturated carbocycles. The van der Waals surface area contributed by atoms with E-state index in [1.807, 2.05) is 65.1 Å². The van der Waals surface area contributed by atoms with Crippen molar-refractivity contribution in [3.63, 3.8) is 0 Å². The van der Waals surface area contributed by atoms with E-state index in [0.717, 1.165) is 43.1 Å². The van der Waals surface area contributed by atoms with E-state index in [1.165, 1.54) is 0 Å². The maximum Gasteiger partial charge on any atom is 0.137 e. The molecule has 1 heterocycles. The molecule has 0 N–H and O–H groups in total. The van der Waals surface area contributed by atoms with Gasteiger partial charge in [-0.15, -0.1) is 0 Å². The van der Waals surface area contributed by atoms with Gasteiger partial charge in [-0.1, -0.05) is 23.9 Å². The fourth-order valence-electron chi connectivity index (χ4n) is 3.76. The first-order chi connectivity index (χ1) is 13.8. The second-order valence-corrected chi connectivity index (χ2v) is 8.05. The van der Waals surface area contributed by atoms with E-state index in [1.54, 1.807) is 11.8 Å². The van der Waals surface area contributed by atoms with Crippen LogP contribution >= 0.6 is 11.8 Å². The number of para-hydroxylation sites is 1. The van der Waals surface area contributed by atoms with Gasteiger partial charge >= 0.3 is 0 Å². The molecular weight excluding hydrogens is 376 g/mol. The fraction of sp³-hybridized carbons (Fsp3) is 0.208. The van der Waals surface area contributed by atoms with Crippen LogP contribution in [0.25, 0.3) is 11.1 Å². The summed E-state index contributed by atoms with van der Waals surface area (Å²) in [6.07, 6.45) is 1.93. The lowest BCUT2D eigenvalue weighted by atomic mass is 9.91. The SMILES string of the molecule is Cc1c(C)c(=C(C#N)/C=C2/Sc3ccccc3N2C)c(C)c(C)c1=C(C#N)C#N. The van der Waals surface area contributed by atoms with Crippen molar-refractivity contribution in [2.45, 2.75) is 32.6 Å². The number of thioether (sulfide) groups is 1. The maximum absolute atomic E-state index is 9.98. The second kappa shape index (κ2) is 7.88. The molecule has 0 unspecified atom stereocenters. The molecule has 29 heavy (non-hydrogen) atoms. The third kappa shape index (κ3) is 3.29. The minimum absolute atomic E-state index is 0.108. The molecule has 0 amide bonds. The van der Waals surface area contributed by atoms with Crippen molar-refractivity contribution >= 4 is 28.6 Å². The molecule has 0 fully saturated rings. The first-order valence-electron chi connectivity index (χ1n) is 9.13. The van der Waals surface area contributed by atoms with Crippen LogP contribution in [-0.4, -0.2) is 7.05 Å². The normalized spacial score (nSPS) is 13.4. The Kier molecular flexibility index (Phi) is 5.51. The molecule has 1 aliphatic heterocycles. The first-order valence-corrected chi connectivity index (χ1v) is 9.94. The number of allylic oxidation sites excluding steroid dienone is 1. The number of benzene rings is 2. The van der Waals surface area contributed by atoms with E-state index in [9.17, 15) is 15.8 Å². The van der Waals surface area contributed by atoms with Crippen LogP contribution in [-0.2, 0) is 0 Å². The quantitative estimate of drug-likeness (QED) is 0.731. The number of hydrogen-bond donors (Lipinski definition) is 0. The van der Waals surface area contributed by atoms with Crippen LogP contribution in [0.3, 0.4) is 0 Å². The van der Waals surface area contributed by atoms with Gasteiger partial charge in [0.2, 0.25) is 0 Å². The highest BCUT2D eigenvalue weighted by Gasteiger charge is 2.22. The van der Waals surface area contributed by atoms with Gasteiger partial charge in [0.05, 0.1) is 22.4 Å². The van der Waals surface area contributed by atoms with Crippen LogP contribution in [0.5, 0.6) is 0 Å². The Morgan fingerprint density at radius 1 is 0.862 bits per heavy atom. The molecule has 0 aromatic heterocycles. The minimum Gasteiger partial charge on any atom is -0.338 e. The summed E-state index contributed by atoms with van der Waals surface area (Å²) in [4.78, 5) is 3.25. The first kappa shape index (κ1) is 20.3. The number of nitrogens with zero attached hydrogens (tertiary/aromatic N) is 4. The topological polar surface area (TPSA) is 74.6 Å². The summed E-state index contributed by atoms with van der Waals surface area (Å²) in [5.41, 5.74) is 5.38. The lowest BCUT2D eigenvalue weighted by Gasteiger charge is -2.15. The molecule has 0 spiro atoms. The maximum atomic E-state index is 9.98. The minimum atomic E-state index is 0.108. The predicted molar refractivity (Wildman–Crippen MR) is 117 cm³/mol. The molecular formula is C24H20N4S. The smallest absolute Gasteiger partial charge is 0.137 e. The van der Waals surface area contributed by atoms with Gasteiger partial charge in [-0.3, -0.25) is 0 Å². The Morgan fingerprint density at radius 2 is 1.41 bits per heavy atom. The van der Waals surface area contributed by atoms with Crippen LogP contribution < -0.4 is 15.3 Å². The van der Waals surface area contributed by atoms with Gasteiger partial charge in [0, 0.05) is 17.2 Å². The lowest BCUT2D eigenvalue weighted by Crippen LogP contribution is -2.27. The van der Waals surface area contributed by atoms with E-state index in [2.05, 4.69) is 23.1 Å². The molecule has 3 rings (SSSR count). The Balaban J connectivity index is 2.35. The van der Waals surface area contributed by atoms with E-state index in [0.29, 0.717) is 10.8 Å². The van der Waals surface area contributed by atoms with Crippen molar-refractivity contribution in [3.8, 4) is 18.2 Å². The van der Waals surface area contributed by atoms with Gasteiger partial charge in [0.25, 0.3) is 0 Å². The van der Waals surface area contributed by atoms with E-state index < -0.39 is 0 Å². The molecule has 0 atom stereocenters. The highest BCUT2D eigenvalue weighted by molar-refractivity contribution is 8.03. The van der Waals surface area contributed by atoms with E-state index >= 15 is 0 Å². The summed E-state index contributed by atoms with van der Waals surface area (Å²) >= 11 is 1.64. The number of nitriles is 3. The van der Waals surface area contributed by atoms with Gasteiger partial charge in [-0.05, 0) is 73.4 Å². The highest BCUT2D eigenvalue weighted by atomic mass is 32.2. The molecule has 4 nitrogen and oxygen atoms in total. The zero-order valence-corrected chi connectivity index (χ0v) is 17.9. The average molecular weight is 397 g/mol. The van der Waals surface area contributed by atoms with Crippen molar-refractivity contribution in [3.05, 3.63) is 68.1 Å². The second-order valence-electron chi connectivity index (χ2n) is 6.99. The van der Waals surface area contributed by atoms with Crippen LogP contribution in [0, 0.1) is 61.7 Å². The van der Waals surface area contributed by atoms with Gasteiger partial charge in [0.15, 0.2) is 0 Å². The summed E-state index contributed by atoms with van der Waals surface area (Å²) in [7, 11) is 2.00. The summed E-state index contributed by atoms with van der Waals surface area (Å²) in [5, 5.41) is 31.2. The van der Waals surface area contributed by atoms with Gasteiger partial charge in [-0.2, -0.15) is 15.8 Å². The molecule has 142 valence electrons. The summed E-state index contributed by atoms with van der Waals surface area (Å²) in [6, 6.07) is 14.5. The summed E-state index contributed by atoms with van der Waals surface area (Å²) in [5.74, 6) is 0. The monoisotopic (exact) mass is 396 g/mol. The number of rotatable bonds is 1. The standard InChI is InChI=1S/C24H20N4S/c1-14-16(3)24(19(12-26)13-27)17(4)15(2)23(14)18(11-25)10-22-28(5)20-8-6-7-9-21(20)29-22/h6-10H,1-5H3/b22-10+. The van der Waals surface area contributed by atoms with Crippen LogP contribution in [0.2, 0.25) is 0 Å². The molecule has 2 aromatic carbocycles. The molecule has 2 aromatic rings. The Morgan fingerprint density at radius 3 is 1.93 bits per heavy atom. The van der Waals surface area contributed by atoms with Crippen LogP contribution in [0.15, 0.2) is 40.3 Å². The van der Waals surface area contributed by atoms with E-state index in [-0.39, 0.29) is 5.57 Å². The molecule has 0 radical (unpaired) electrons. The molecule has 0 bridgehead atoms. The molecule has 0 aliphatic carbocycles. The van der Waals surface area contributed by atoms with Crippen molar-refractivity contribution in [2.75, 3.05) is 11.9 Å². The average Bonchev–Trinajstić information content (AvgIpc) is 3.04. The highest BCUT2D eigenvalue weighted by Crippen LogP contribution is 2.45. The predicted octanol–water partition coefficient (Wildman–Crippen LogP) is 3.88. The number of anilines is 1. The largest absolute Gasteiger partial charge is 0.338 e. The molecule has 1 aliphatic rings. The summed E-state index contributed by atoms with van der Waals surface area (Å²) in [6.45, 7) is 7.71. The third-order valence-corrected chi connectivity index (χ3v) is 6.69. The van der Waals surface area contributed by atoms with Crippen molar-refractivity contribution in [2.24, 2.45) is 0 Å². The van der Waals surface area contributed by atoms with Crippen molar-refractivity contribution in [1.82, 2.24) is 0 Å². The van der Waals surface area contributed by atoms with Crippen LogP contribution in [0.1, 0.15) is 22.3 Å². The third-order valence-electron chi connectivity index (χ3n) is 5.53. The zero-order chi connectivity index (χ0) is 21.3. The zero-order valence-electron chi connectivity index (χ0n) is 17.1. The fourth-order valence-corrected chi connectivity index (χ4v) is 4.85. The van der Waals surface area contributed by atoms with Crippen molar-refractivity contribution < 1.29 is 0 Å². The summed E-state index contributed by atoms with van der Waals surface area (Å²) < 4.78 is 0. The number of hydrogen-bond acceptors (Lipinski definition) is 5.